The molecule has 1 aromatic carbocycles. The highest BCUT2D eigenvalue weighted by Gasteiger charge is 2.39. The minimum atomic E-state index is -0.897. The van der Waals surface area contributed by atoms with Gasteiger partial charge in [0.05, 0.1) is 19.3 Å². The fraction of sp³-hybridized carbons (Fsp3) is 0.474. The van der Waals surface area contributed by atoms with Crippen molar-refractivity contribution in [1.29, 1.82) is 0 Å². The van der Waals surface area contributed by atoms with Crippen molar-refractivity contribution in [1.82, 2.24) is 19.6 Å². The lowest BCUT2D eigenvalue weighted by Crippen LogP contribution is -2.44. The zero-order valence-electron chi connectivity index (χ0n) is 15.6. The van der Waals surface area contributed by atoms with Crippen LogP contribution in [0.25, 0.3) is 0 Å². The summed E-state index contributed by atoms with van der Waals surface area (Å²) >= 11 is 0. The number of amides is 1. The van der Waals surface area contributed by atoms with Gasteiger partial charge in [0.2, 0.25) is 0 Å². The number of carbonyl (C=O) groups excluding carboxylic acids is 1. The standard InChI is InChI=1S/C19H26N4O3/c1-21(12-15-4-6-16(26-3)7-5-15)13-19(25)9-11-23(14-19)18(24)17-8-10-22(2)20-17/h4-8,10,25H,9,11-14H2,1-3H3/t19-/m0/s1. The van der Waals surface area contributed by atoms with Crippen LogP contribution in [0.15, 0.2) is 36.5 Å². The van der Waals surface area contributed by atoms with Gasteiger partial charge in [-0.25, -0.2) is 0 Å². The van der Waals surface area contributed by atoms with Crippen LogP contribution in [0.4, 0.5) is 0 Å². The lowest BCUT2D eigenvalue weighted by molar-refractivity contribution is 0.0163. The molecule has 7 nitrogen and oxygen atoms in total. The normalized spacial score (nSPS) is 20.0. The van der Waals surface area contributed by atoms with E-state index in [1.807, 2.05) is 31.3 Å². The van der Waals surface area contributed by atoms with E-state index in [4.69, 9.17) is 4.74 Å². The van der Waals surface area contributed by atoms with E-state index in [1.54, 1.807) is 36.0 Å². The Kier molecular flexibility index (Phi) is 5.29. The average Bonchev–Trinajstić information content (AvgIpc) is 3.21. The third-order valence-electron chi connectivity index (χ3n) is 4.73. The second-order valence-electron chi connectivity index (χ2n) is 7.10. The number of carbonyl (C=O) groups is 1. The molecule has 0 radical (unpaired) electrons. The summed E-state index contributed by atoms with van der Waals surface area (Å²) in [6.07, 6.45) is 2.32. The van der Waals surface area contributed by atoms with Gasteiger partial charge in [0.15, 0.2) is 0 Å². The summed E-state index contributed by atoms with van der Waals surface area (Å²) in [5.41, 5.74) is 0.672. The van der Waals surface area contributed by atoms with Crippen molar-refractivity contribution in [3.05, 3.63) is 47.8 Å². The first kappa shape index (κ1) is 18.4. The van der Waals surface area contributed by atoms with Crippen LogP contribution in [0, 0.1) is 0 Å². The maximum Gasteiger partial charge on any atom is 0.274 e. The molecule has 1 N–H and O–H groups in total. The molecule has 1 amide bonds. The minimum absolute atomic E-state index is 0.126. The number of aliphatic hydroxyl groups is 1. The molecule has 140 valence electrons. The number of β-amino-alcohol motifs (C(OH)–C–C–N with tert-alkyl or cyclic N) is 1. The third kappa shape index (κ3) is 4.23. The van der Waals surface area contributed by atoms with Crippen molar-refractivity contribution in [2.75, 3.05) is 33.8 Å². The summed E-state index contributed by atoms with van der Waals surface area (Å²) in [5.74, 6) is 0.703. The summed E-state index contributed by atoms with van der Waals surface area (Å²) in [5, 5.41) is 15.1. The van der Waals surface area contributed by atoms with Crippen LogP contribution in [0.1, 0.15) is 22.5 Å². The Morgan fingerprint density at radius 3 is 2.69 bits per heavy atom. The van der Waals surface area contributed by atoms with Crippen LogP contribution in [0.2, 0.25) is 0 Å². The first-order chi connectivity index (χ1) is 12.4. The van der Waals surface area contributed by atoms with Crippen molar-refractivity contribution < 1.29 is 14.6 Å². The summed E-state index contributed by atoms with van der Waals surface area (Å²) in [6.45, 7) is 2.10. The fourth-order valence-corrected chi connectivity index (χ4v) is 3.45. The van der Waals surface area contributed by atoms with Crippen molar-refractivity contribution in [2.24, 2.45) is 7.05 Å². The molecule has 2 aromatic rings. The van der Waals surface area contributed by atoms with Gasteiger partial charge in [-0.05, 0) is 37.2 Å². The Morgan fingerprint density at radius 2 is 2.08 bits per heavy atom. The van der Waals surface area contributed by atoms with Gasteiger partial charge >= 0.3 is 0 Å². The number of aromatic nitrogens is 2. The molecule has 0 saturated carbocycles. The number of rotatable bonds is 6. The molecule has 0 bridgehead atoms. The number of ether oxygens (including phenoxy) is 1. The molecule has 26 heavy (non-hydrogen) atoms. The molecule has 1 atom stereocenters. The quantitative estimate of drug-likeness (QED) is 0.838. The van der Waals surface area contributed by atoms with Gasteiger partial charge in [-0.3, -0.25) is 14.4 Å². The number of likely N-dealkylation sites (N-methyl/N-ethyl adjacent to an activating group) is 1. The number of nitrogens with zero attached hydrogens (tertiary/aromatic N) is 4. The number of benzene rings is 1. The molecule has 1 fully saturated rings. The Hall–Kier alpha value is -2.38. The summed E-state index contributed by atoms with van der Waals surface area (Å²) in [7, 11) is 5.41. The molecule has 0 unspecified atom stereocenters. The predicted molar refractivity (Wildman–Crippen MR) is 98.0 cm³/mol. The van der Waals surface area contributed by atoms with Gasteiger partial charge in [-0.2, -0.15) is 5.10 Å². The molecule has 1 aliphatic heterocycles. The largest absolute Gasteiger partial charge is 0.497 e. The predicted octanol–water partition coefficient (Wildman–Crippen LogP) is 1.14. The minimum Gasteiger partial charge on any atom is -0.497 e. The Bertz CT molecular complexity index is 758. The van der Waals surface area contributed by atoms with Crippen molar-refractivity contribution >= 4 is 5.91 Å². The van der Waals surface area contributed by atoms with Gasteiger partial charge in [0.25, 0.3) is 5.91 Å². The van der Waals surface area contributed by atoms with E-state index in [2.05, 4.69) is 10.00 Å². The maximum atomic E-state index is 12.5. The van der Waals surface area contributed by atoms with Gasteiger partial charge < -0.3 is 14.7 Å². The molecular weight excluding hydrogens is 332 g/mol. The van der Waals surface area contributed by atoms with Crippen molar-refractivity contribution in [2.45, 2.75) is 18.6 Å². The van der Waals surface area contributed by atoms with E-state index in [-0.39, 0.29) is 5.91 Å². The SMILES string of the molecule is COc1ccc(CN(C)C[C@@]2(O)CCN(C(=O)c3ccn(C)n3)C2)cc1. The Morgan fingerprint density at radius 1 is 1.35 bits per heavy atom. The smallest absolute Gasteiger partial charge is 0.274 e. The third-order valence-corrected chi connectivity index (χ3v) is 4.73. The first-order valence-electron chi connectivity index (χ1n) is 8.71. The van der Waals surface area contributed by atoms with Gasteiger partial charge in [-0.15, -0.1) is 0 Å². The van der Waals surface area contributed by atoms with E-state index in [0.717, 1.165) is 17.9 Å². The van der Waals surface area contributed by atoms with Crippen LogP contribution >= 0.6 is 0 Å². The van der Waals surface area contributed by atoms with Crippen LogP contribution in [-0.4, -0.2) is 70.0 Å². The highest BCUT2D eigenvalue weighted by Crippen LogP contribution is 2.24. The van der Waals surface area contributed by atoms with Crippen LogP contribution in [0.3, 0.4) is 0 Å². The molecule has 2 heterocycles. The number of hydrogen-bond acceptors (Lipinski definition) is 5. The second kappa shape index (κ2) is 7.47. The summed E-state index contributed by atoms with van der Waals surface area (Å²) in [6, 6.07) is 9.60. The number of aryl methyl sites for hydroxylation is 1. The van der Waals surface area contributed by atoms with Crippen LogP contribution in [0.5, 0.6) is 5.75 Å². The molecule has 1 aliphatic rings. The second-order valence-corrected chi connectivity index (χ2v) is 7.10. The molecule has 1 aromatic heterocycles. The maximum absolute atomic E-state index is 12.5. The van der Waals surface area contributed by atoms with Crippen molar-refractivity contribution in [3.63, 3.8) is 0 Å². The number of likely N-dealkylation sites (tertiary alicyclic amines) is 1. The average molecular weight is 358 g/mol. The molecule has 3 rings (SSSR count). The first-order valence-corrected chi connectivity index (χ1v) is 8.71. The van der Waals surface area contributed by atoms with E-state index >= 15 is 0 Å². The van der Waals surface area contributed by atoms with E-state index in [1.165, 1.54) is 0 Å². The van der Waals surface area contributed by atoms with Crippen LogP contribution < -0.4 is 4.74 Å². The van der Waals surface area contributed by atoms with Gasteiger partial charge in [0, 0.05) is 32.9 Å². The Balaban J connectivity index is 1.56. The van der Waals surface area contributed by atoms with E-state index in [9.17, 15) is 9.90 Å². The number of hydrogen-bond donors (Lipinski definition) is 1. The van der Waals surface area contributed by atoms with Gasteiger partial charge in [0.1, 0.15) is 11.4 Å². The highest BCUT2D eigenvalue weighted by atomic mass is 16.5. The zero-order valence-corrected chi connectivity index (χ0v) is 15.6. The number of methoxy groups -OCH3 is 1. The summed E-state index contributed by atoms with van der Waals surface area (Å²) in [4.78, 5) is 16.3. The van der Waals surface area contributed by atoms with Crippen molar-refractivity contribution in [3.8, 4) is 5.75 Å². The lowest BCUT2D eigenvalue weighted by Gasteiger charge is -2.29. The molecule has 1 saturated heterocycles. The van der Waals surface area contributed by atoms with Gasteiger partial charge in [-0.1, -0.05) is 12.1 Å². The molecule has 0 aliphatic carbocycles. The lowest BCUT2D eigenvalue weighted by atomic mass is 10.0. The molecule has 7 heteroatoms. The summed E-state index contributed by atoms with van der Waals surface area (Å²) < 4.78 is 6.78. The van der Waals surface area contributed by atoms with Crippen LogP contribution in [-0.2, 0) is 13.6 Å². The topological polar surface area (TPSA) is 70.8 Å². The Labute approximate surface area is 153 Å². The molecule has 0 spiro atoms. The monoisotopic (exact) mass is 358 g/mol. The molecular formula is C19H26N4O3. The van der Waals surface area contributed by atoms with E-state index < -0.39 is 5.60 Å². The highest BCUT2D eigenvalue weighted by molar-refractivity contribution is 5.92. The zero-order chi connectivity index (χ0) is 18.7. The van der Waals surface area contributed by atoms with E-state index in [0.29, 0.717) is 31.7 Å². The fourth-order valence-electron chi connectivity index (χ4n) is 3.45.